The molecule has 110 valence electrons. The zero-order valence-corrected chi connectivity index (χ0v) is 12.0. The van der Waals surface area contributed by atoms with Gasteiger partial charge in [0, 0.05) is 13.3 Å². The first-order valence-electron chi connectivity index (χ1n) is 6.91. The lowest BCUT2D eigenvalue weighted by Crippen LogP contribution is -2.21. The Hall–Kier alpha value is -1.69. The summed E-state index contributed by atoms with van der Waals surface area (Å²) >= 11 is 0. The van der Waals surface area contributed by atoms with Crippen LogP contribution in [0.25, 0.3) is 0 Å². The van der Waals surface area contributed by atoms with Crippen molar-refractivity contribution < 1.29 is 14.3 Å². The third-order valence-corrected chi connectivity index (χ3v) is 3.83. The first kappa shape index (κ1) is 14.7. The van der Waals surface area contributed by atoms with E-state index in [0.29, 0.717) is 11.7 Å². The highest BCUT2D eigenvalue weighted by molar-refractivity contribution is 5.93. The molecule has 6 heteroatoms. The van der Waals surface area contributed by atoms with Crippen LogP contribution in [0.4, 0.5) is 5.82 Å². The molecule has 0 spiro atoms. The molecule has 0 radical (unpaired) electrons. The molecule has 0 aromatic carbocycles. The van der Waals surface area contributed by atoms with Gasteiger partial charge in [0.1, 0.15) is 17.5 Å². The lowest BCUT2D eigenvalue weighted by atomic mass is 9.85. The van der Waals surface area contributed by atoms with Crippen LogP contribution in [0.5, 0.6) is 0 Å². The molecule has 1 aliphatic carbocycles. The summed E-state index contributed by atoms with van der Waals surface area (Å²) in [6.45, 7) is 0. The number of anilines is 1. The maximum absolute atomic E-state index is 11.5. The second-order valence-corrected chi connectivity index (χ2v) is 5.07. The number of rotatable bonds is 4. The molecule has 0 amide bonds. The van der Waals surface area contributed by atoms with Crippen LogP contribution in [0.1, 0.15) is 54.4 Å². The SMILES string of the molecule is COC(=O)c1cnc(C(OC)C2CCCCC2)nc1N. The van der Waals surface area contributed by atoms with E-state index in [4.69, 9.17) is 10.5 Å². The Kier molecular flexibility index (Phi) is 4.89. The van der Waals surface area contributed by atoms with Crippen molar-refractivity contribution in [3.8, 4) is 0 Å². The molecular weight excluding hydrogens is 258 g/mol. The number of nitrogens with zero attached hydrogens (tertiary/aromatic N) is 2. The van der Waals surface area contributed by atoms with Crippen LogP contribution in [0.15, 0.2) is 6.20 Å². The van der Waals surface area contributed by atoms with Gasteiger partial charge in [0.2, 0.25) is 0 Å². The summed E-state index contributed by atoms with van der Waals surface area (Å²) < 4.78 is 10.2. The van der Waals surface area contributed by atoms with Gasteiger partial charge in [-0.25, -0.2) is 14.8 Å². The second kappa shape index (κ2) is 6.65. The molecule has 1 saturated carbocycles. The topological polar surface area (TPSA) is 87.3 Å². The number of nitrogen functional groups attached to an aromatic ring is 1. The minimum absolute atomic E-state index is 0.139. The molecule has 20 heavy (non-hydrogen) atoms. The summed E-state index contributed by atoms with van der Waals surface area (Å²) in [7, 11) is 2.96. The molecule has 0 saturated heterocycles. The molecule has 1 aromatic rings. The molecule has 1 heterocycles. The number of aromatic nitrogens is 2. The molecule has 0 aliphatic heterocycles. The van der Waals surface area contributed by atoms with Gasteiger partial charge in [0.05, 0.1) is 7.11 Å². The van der Waals surface area contributed by atoms with E-state index in [2.05, 4.69) is 14.7 Å². The first-order chi connectivity index (χ1) is 9.67. The zero-order chi connectivity index (χ0) is 14.5. The highest BCUT2D eigenvalue weighted by Crippen LogP contribution is 2.35. The summed E-state index contributed by atoms with van der Waals surface area (Å²) in [6.07, 6.45) is 7.17. The van der Waals surface area contributed by atoms with E-state index >= 15 is 0 Å². The van der Waals surface area contributed by atoms with Crippen molar-refractivity contribution in [3.63, 3.8) is 0 Å². The molecule has 2 N–H and O–H groups in total. The van der Waals surface area contributed by atoms with Crippen molar-refractivity contribution in [1.82, 2.24) is 9.97 Å². The van der Waals surface area contributed by atoms with E-state index in [0.717, 1.165) is 12.8 Å². The Balaban J connectivity index is 2.22. The number of methoxy groups -OCH3 is 2. The van der Waals surface area contributed by atoms with Gasteiger partial charge in [0.15, 0.2) is 5.82 Å². The van der Waals surface area contributed by atoms with E-state index in [1.807, 2.05) is 0 Å². The molecule has 1 aromatic heterocycles. The second-order valence-electron chi connectivity index (χ2n) is 5.07. The smallest absolute Gasteiger partial charge is 0.343 e. The van der Waals surface area contributed by atoms with Crippen molar-refractivity contribution in [2.75, 3.05) is 20.0 Å². The lowest BCUT2D eigenvalue weighted by Gasteiger charge is -2.28. The maximum Gasteiger partial charge on any atom is 0.343 e. The highest BCUT2D eigenvalue weighted by atomic mass is 16.5. The summed E-state index contributed by atoms with van der Waals surface area (Å²) in [4.78, 5) is 19.9. The molecule has 6 nitrogen and oxygen atoms in total. The van der Waals surface area contributed by atoms with E-state index in [1.165, 1.54) is 32.6 Å². The van der Waals surface area contributed by atoms with Crippen LogP contribution in [0.2, 0.25) is 0 Å². The zero-order valence-electron chi connectivity index (χ0n) is 12.0. The standard InChI is InChI=1S/C14H21N3O3/c1-19-11(9-6-4-3-5-7-9)13-16-8-10(12(15)17-13)14(18)20-2/h8-9,11H,3-7H2,1-2H3,(H2,15,16,17). The predicted molar refractivity (Wildman–Crippen MR) is 74.1 cm³/mol. The Labute approximate surface area is 118 Å². The van der Waals surface area contributed by atoms with Gasteiger partial charge >= 0.3 is 5.97 Å². The Morgan fingerprint density at radius 2 is 2.05 bits per heavy atom. The normalized spacial score (nSPS) is 17.7. The Morgan fingerprint density at radius 3 is 2.60 bits per heavy atom. The molecular formula is C14H21N3O3. The van der Waals surface area contributed by atoms with Gasteiger partial charge in [-0.3, -0.25) is 0 Å². The van der Waals surface area contributed by atoms with Crippen molar-refractivity contribution >= 4 is 11.8 Å². The third-order valence-electron chi connectivity index (χ3n) is 3.83. The maximum atomic E-state index is 11.5. The van der Waals surface area contributed by atoms with Crippen LogP contribution in [-0.2, 0) is 9.47 Å². The number of nitrogens with two attached hydrogens (primary N) is 1. The average Bonchev–Trinajstić information content (AvgIpc) is 2.48. The number of carbonyl (C=O) groups is 1. The minimum atomic E-state index is -0.527. The fourth-order valence-corrected chi connectivity index (χ4v) is 2.76. The van der Waals surface area contributed by atoms with Crippen LogP contribution in [-0.4, -0.2) is 30.2 Å². The summed E-state index contributed by atoms with van der Waals surface area (Å²) in [6, 6.07) is 0. The van der Waals surface area contributed by atoms with E-state index in [1.54, 1.807) is 7.11 Å². The average molecular weight is 279 g/mol. The molecule has 1 atom stereocenters. The monoisotopic (exact) mass is 279 g/mol. The van der Waals surface area contributed by atoms with Gasteiger partial charge < -0.3 is 15.2 Å². The Morgan fingerprint density at radius 1 is 1.35 bits per heavy atom. The third kappa shape index (κ3) is 3.07. The quantitative estimate of drug-likeness (QED) is 0.849. The molecule has 2 rings (SSSR count). The van der Waals surface area contributed by atoms with E-state index in [9.17, 15) is 4.79 Å². The molecule has 1 unspecified atom stereocenters. The van der Waals surface area contributed by atoms with Crippen LogP contribution < -0.4 is 5.73 Å². The number of hydrogen-bond acceptors (Lipinski definition) is 6. The lowest BCUT2D eigenvalue weighted by molar-refractivity contribution is 0.0289. The molecule has 0 bridgehead atoms. The number of ether oxygens (including phenoxy) is 2. The minimum Gasteiger partial charge on any atom is -0.465 e. The summed E-state index contributed by atoms with van der Waals surface area (Å²) in [5.41, 5.74) is 6.00. The van der Waals surface area contributed by atoms with Crippen molar-refractivity contribution in [2.45, 2.75) is 38.2 Å². The number of esters is 1. The fraction of sp³-hybridized carbons (Fsp3) is 0.643. The summed E-state index contributed by atoms with van der Waals surface area (Å²) in [5, 5.41) is 0. The van der Waals surface area contributed by atoms with Crippen LogP contribution in [0.3, 0.4) is 0 Å². The largest absolute Gasteiger partial charge is 0.465 e. The van der Waals surface area contributed by atoms with Crippen molar-refractivity contribution in [2.24, 2.45) is 5.92 Å². The number of hydrogen-bond donors (Lipinski definition) is 1. The van der Waals surface area contributed by atoms with E-state index < -0.39 is 5.97 Å². The van der Waals surface area contributed by atoms with Gasteiger partial charge in [0.25, 0.3) is 0 Å². The number of carbonyl (C=O) groups excluding carboxylic acids is 1. The highest BCUT2D eigenvalue weighted by Gasteiger charge is 2.28. The van der Waals surface area contributed by atoms with Crippen LogP contribution in [0, 0.1) is 5.92 Å². The fourth-order valence-electron chi connectivity index (χ4n) is 2.76. The van der Waals surface area contributed by atoms with Crippen LogP contribution >= 0.6 is 0 Å². The molecule has 1 fully saturated rings. The summed E-state index contributed by atoms with van der Waals surface area (Å²) in [5.74, 6) is 0.571. The van der Waals surface area contributed by atoms with Crippen molar-refractivity contribution in [3.05, 3.63) is 17.6 Å². The van der Waals surface area contributed by atoms with Gasteiger partial charge in [-0.05, 0) is 18.8 Å². The van der Waals surface area contributed by atoms with Gasteiger partial charge in [-0.15, -0.1) is 0 Å². The predicted octanol–water partition coefficient (Wildman–Crippen LogP) is 2.11. The van der Waals surface area contributed by atoms with Crippen molar-refractivity contribution in [1.29, 1.82) is 0 Å². The Bertz CT molecular complexity index is 473. The first-order valence-corrected chi connectivity index (χ1v) is 6.91. The van der Waals surface area contributed by atoms with E-state index in [-0.39, 0.29) is 17.5 Å². The van der Waals surface area contributed by atoms with Gasteiger partial charge in [-0.2, -0.15) is 0 Å². The van der Waals surface area contributed by atoms with Gasteiger partial charge in [-0.1, -0.05) is 19.3 Å². The molecule has 1 aliphatic rings.